The molecule has 1 fully saturated rings. The predicted molar refractivity (Wildman–Crippen MR) is 80.9 cm³/mol. The van der Waals surface area contributed by atoms with Gasteiger partial charge in [-0.05, 0) is 25.0 Å². The zero-order valence-electron chi connectivity index (χ0n) is 12.6. The fourth-order valence-electron chi connectivity index (χ4n) is 2.32. The van der Waals surface area contributed by atoms with Crippen molar-refractivity contribution >= 4 is 21.7 Å². The molecule has 1 aromatic rings. The Morgan fingerprint density at radius 1 is 1.39 bits per heavy atom. The molecule has 0 bridgehead atoms. The van der Waals surface area contributed by atoms with Crippen LogP contribution in [0.2, 0.25) is 0 Å². The summed E-state index contributed by atoms with van der Waals surface area (Å²) in [5.74, 6) is -1.86. The van der Waals surface area contributed by atoms with Gasteiger partial charge in [-0.25, -0.2) is 12.8 Å². The van der Waals surface area contributed by atoms with Crippen LogP contribution in [0.4, 0.5) is 4.39 Å². The summed E-state index contributed by atoms with van der Waals surface area (Å²) in [4.78, 5) is 23.7. The zero-order chi connectivity index (χ0) is 17.0. The Kier molecular flexibility index (Phi) is 5.35. The van der Waals surface area contributed by atoms with Gasteiger partial charge in [-0.2, -0.15) is 0 Å². The van der Waals surface area contributed by atoms with Crippen LogP contribution in [0.1, 0.15) is 18.9 Å². The SMILES string of the molecule is C[C@@H](OC(=O)Cc1ccccc1F)C(=O)N[C@@H]1CCS(=O)(=O)C1. The number of sulfone groups is 1. The molecule has 0 aliphatic carbocycles. The van der Waals surface area contributed by atoms with Crippen LogP contribution in [0.15, 0.2) is 24.3 Å². The van der Waals surface area contributed by atoms with Crippen molar-refractivity contribution in [3.8, 4) is 0 Å². The molecule has 1 N–H and O–H groups in total. The minimum absolute atomic E-state index is 0.0411. The lowest BCUT2D eigenvalue weighted by molar-refractivity contribution is -0.154. The molecule has 0 unspecified atom stereocenters. The van der Waals surface area contributed by atoms with E-state index in [1.165, 1.54) is 25.1 Å². The maximum absolute atomic E-state index is 13.4. The number of halogens is 1. The maximum atomic E-state index is 13.4. The smallest absolute Gasteiger partial charge is 0.311 e. The highest BCUT2D eigenvalue weighted by Crippen LogP contribution is 2.12. The molecule has 1 aliphatic heterocycles. The molecule has 8 heteroatoms. The summed E-state index contributed by atoms with van der Waals surface area (Å²) in [6.45, 7) is 1.39. The second-order valence-electron chi connectivity index (χ2n) is 5.51. The van der Waals surface area contributed by atoms with Crippen LogP contribution in [0.5, 0.6) is 0 Å². The van der Waals surface area contributed by atoms with Crippen LogP contribution in [0, 0.1) is 5.82 Å². The number of amides is 1. The molecule has 0 saturated carbocycles. The van der Waals surface area contributed by atoms with Crippen LogP contribution in [-0.4, -0.2) is 43.9 Å². The average Bonchev–Trinajstić information content (AvgIpc) is 2.80. The number of carbonyl (C=O) groups is 2. The monoisotopic (exact) mass is 343 g/mol. The molecule has 2 atom stereocenters. The van der Waals surface area contributed by atoms with Gasteiger partial charge in [0.1, 0.15) is 5.82 Å². The molecule has 0 spiro atoms. The van der Waals surface area contributed by atoms with Crippen molar-refractivity contribution in [1.82, 2.24) is 5.32 Å². The molecule has 126 valence electrons. The molecular weight excluding hydrogens is 325 g/mol. The third-order valence-corrected chi connectivity index (χ3v) is 5.32. The summed E-state index contributed by atoms with van der Waals surface area (Å²) in [5, 5.41) is 2.55. The van der Waals surface area contributed by atoms with Gasteiger partial charge in [0, 0.05) is 6.04 Å². The number of ether oxygens (including phenoxy) is 1. The summed E-state index contributed by atoms with van der Waals surface area (Å²) >= 11 is 0. The highest BCUT2D eigenvalue weighted by atomic mass is 32.2. The van der Waals surface area contributed by atoms with Crippen molar-refractivity contribution in [2.24, 2.45) is 0 Å². The second kappa shape index (κ2) is 7.08. The topological polar surface area (TPSA) is 89.5 Å². The third kappa shape index (κ3) is 5.02. The van der Waals surface area contributed by atoms with Crippen molar-refractivity contribution < 1.29 is 27.1 Å². The molecule has 6 nitrogen and oxygen atoms in total. The van der Waals surface area contributed by atoms with Crippen molar-refractivity contribution in [1.29, 1.82) is 0 Å². The highest BCUT2D eigenvalue weighted by molar-refractivity contribution is 7.91. The normalized spacial score (nSPS) is 20.7. The Balaban J connectivity index is 1.84. The van der Waals surface area contributed by atoms with Gasteiger partial charge in [-0.3, -0.25) is 9.59 Å². The molecule has 1 aliphatic rings. The Morgan fingerprint density at radius 2 is 2.09 bits per heavy atom. The lowest BCUT2D eigenvalue weighted by Crippen LogP contribution is -2.42. The van der Waals surface area contributed by atoms with Gasteiger partial charge in [0.05, 0.1) is 17.9 Å². The summed E-state index contributed by atoms with van der Waals surface area (Å²) in [7, 11) is -3.10. The fraction of sp³-hybridized carbons (Fsp3) is 0.467. The number of benzene rings is 1. The van der Waals surface area contributed by atoms with Crippen LogP contribution >= 0.6 is 0 Å². The van der Waals surface area contributed by atoms with Crippen molar-refractivity contribution in [3.63, 3.8) is 0 Å². The van der Waals surface area contributed by atoms with E-state index < -0.39 is 39.7 Å². The van der Waals surface area contributed by atoms with Gasteiger partial charge < -0.3 is 10.1 Å². The lowest BCUT2D eigenvalue weighted by Gasteiger charge is -2.16. The van der Waals surface area contributed by atoms with E-state index in [4.69, 9.17) is 4.74 Å². The Bertz CT molecular complexity index is 704. The van der Waals surface area contributed by atoms with Crippen molar-refractivity contribution in [2.75, 3.05) is 11.5 Å². The zero-order valence-corrected chi connectivity index (χ0v) is 13.4. The summed E-state index contributed by atoms with van der Waals surface area (Å²) in [5.41, 5.74) is 0.187. The molecule has 1 amide bonds. The van der Waals surface area contributed by atoms with E-state index in [9.17, 15) is 22.4 Å². The molecule has 23 heavy (non-hydrogen) atoms. The van der Waals surface area contributed by atoms with Gasteiger partial charge >= 0.3 is 5.97 Å². The van der Waals surface area contributed by atoms with E-state index in [1.54, 1.807) is 6.07 Å². The minimum Gasteiger partial charge on any atom is -0.452 e. The molecule has 1 aromatic carbocycles. The van der Waals surface area contributed by atoms with Crippen LogP contribution in [0.3, 0.4) is 0 Å². The lowest BCUT2D eigenvalue weighted by atomic mass is 10.1. The average molecular weight is 343 g/mol. The molecule has 2 rings (SSSR count). The molecule has 1 saturated heterocycles. The Labute approximate surface area is 133 Å². The standard InChI is InChI=1S/C15H18FNO5S/c1-10(15(19)17-12-6-7-23(20,21)9-12)22-14(18)8-11-4-2-3-5-13(11)16/h2-5,10,12H,6-9H2,1H3,(H,17,19)/t10-,12-/m1/s1. The van der Waals surface area contributed by atoms with E-state index in [0.29, 0.717) is 6.42 Å². The highest BCUT2D eigenvalue weighted by Gasteiger charge is 2.30. The maximum Gasteiger partial charge on any atom is 0.311 e. The minimum atomic E-state index is -3.10. The Morgan fingerprint density at radius 3 is 2.70 bits per heavy atom. The number of rotatable bonds is 5. The van der Waals surface area contributed by atoms with Gasteiger partial charge in [0.2, 0.25) is 0 Å². The van der Waals surface area contributed by atoms with E-state index >= 15 is 0 Å². The second-order valence-corrected chi connectivity index (χ2v) is 7.74. The number of nitrogens with one attached hydrogen (secondary N) is 1. The fourth-order valence-corrected chi connectivity index (χ4v) is 3.99. The van der Waals surface area contributed by atoms with E-state index in [-0.39, 0.29) is 23.5 Å². The summed E-state index contributed by atoms with van der Waals surface area (Å²) in [6, 6.07) is 5.35. The van der Waals surface area contributed by atoms with Crippen molar-refractivity contribution in [3.05, 3.63) is 35.6 Å². The first-order valence-corrected chi connectivity index (χ1v) is 9.02. The molecule has 0 aromatic heterocycles. The van der Waals surface area contributed by atoms with Gasteiger partial charge in [0.15, 0.2) is 15.9 Å². The van der Waals surface area contributed by atoms with Gasteiger partial charge in [-0.1, -0.05) is 18.2 Å². The van der Waals surface area contributed by atoms with Gasteiger partial charge in [0.25, 0.3) is 5.91 Å². The molecular formula is C15H18FNO5S. The number of hydrogen-bond acceptors (Lipinski definition) is 5. The molecule has 1 heterocycles. The quantitative estimate of drug-likeness (QED) is 0.791. The van der Waals surface area contributed by atoms with Gasteiger partial charge in [-0.15, -0.1) is 0 Å². The van der Waals surface area contributed by atoms with E-state index in [2.05, 4.69) is 5.32 Å². The first-order valence-electron chi connectivity index (χ1n) is 7.20. The van der Waals surface area contributed by atoms with E-state index in [1.807, 2.05) is 0 Å². The van der Waals surface area contributed by atoms with E-state index in [0.717, 1.165) is 0 Å². The Hall–Kier alpha value is -1.96. The largest absolute Gasteiger partial charge is 0.452 e. The number of carbonyl (C=O) groups excluding carboxylic acids is 2. The predicted octanol–water partition coefficient (Wildman–Crippen LogP) is 0.603. The van der Waals surface area contributed by atoms with Crippen LogP contribution in [-0.2, 0) is 30.6 Å². The number of hydrogen-bond donors (Lipinski definition) is 1. The van der Waals surface area contributed by atoms with Crippen LogP contribution in [0.25, 0.3) is 0 Å². The third-order valence-electron chi connectivity index (χ3n) is 3.55. The summed E-state index contributed by atoms with van der Waals surface area (Å²) in [6.07, 6.45) is -0.996. The van der Waals surface area contributed by atoms with Crippen LogP contribution < -0.4 is 5.32 Å². The molecule has 0 radical (unpaired) electrons. The summed E-state index contributed by atoms with van der Waals surface area (Å²) < 4.78 is 41.1. The first-order chi connectivity index (χ1) is 10.8. The number of esters is 1. The van der Waals surface area contributed by atoms with Crippen molar-refractivity contribution in [2.45, 2.75) is 31.9 Å². The first kappa shape index (κ1) is 17.4.